The summed E-state index contributed by atoms with van der Waals surface area (Å²) >= 11 is 0. The zero-order valence-corrected chi connectivity index (χ0v) is 35.1. The van der Waals surface area contributed by atoms with E-state index in [2.05, 4.69) is 184 Å². The summed E-state index contributed by atoms with van der Waals surface area (Å²) in [4.78, 5) is 2.64. The number of rotatable bonds is 5. The summed E-state index contributed by atoms with van der Waals surface area (Å²) < 4.78 is 0. The lowest BCUT2D eigenvalue weighted by Crippen LogP contribution is -2.55. The van der Waals surface area contributed by atoms with Gasteiger partial charge in [0.05, 0.1) is 5.69 Å². The Morgan fingerprint density at radius 3 is 1.76 bits per heavy atom. The zero-order chi connectivity index (χ0) is 39.7. The first-order chi connectivity index (χ1) is 28.7. The lowest BCUT2D eigenvalue weighted by molar-refractivity contribution is -0.0399. The molecule has 4 bridgehead atoms. The second-order valence-electron chi connectivity index (χ2n) is 20.4. The van der Waals surface area contributed by atoms with E-state index in [1.165, 1.54) is 117 Å². The quantitative estimate of drug-likeness (QED) is 0.169. The van der Waals surface area contributed by atoms with Gasteiger partial charge in [-0.05, 0) is 183 Å². The van der Waals surface area contributed by atoms with Crippen molar-refractivity contribution >= 4 is 27.8 Å². The predicted octanol–water partition coefficient (Wildman–Crippen LogP) is 15.7. The van der Waals surface area contributed by atoms with Crippen LogP contribution in [0.1, 0.15) is 94.9 Å². The van der Waals surface area contributed by atoms with Gasteiger partial charge in [0.1, 0.15) is 0 Å². The Morgan fingerprint density at radius 1 is 0.407 bits per heavy atom. The summed E-state index contributed by atoms with van der Waals surface area (Å²) in [6.07, 6.45) is 9.37. The highest BCUT2D eigenvalue weighted by Crippen LogP contribution is 2.70. The van der Waals surface area contributed by atoms with Gasteiger partial charge >= 0.3 is 0 Å². The molecule has 0 aliphatic heterocycles. The number of nitrogens with zero attached hydrogens (tertiary/aromatic N) is 1. The van der Waals surface area contributed by atoms with Crippen LogP contribution in [0.25, 0.3) is 44.2 Å². The number of hydrogen-bond donors (Lipinski definition) is 0. The van der Waals surface area contributed by atoms with Crippen LogP contribution >= 0.6 is 0 Å². The Hall–Kier alpha value is -5.40. The van der Waals surface area contributed by atoms with Gasteiger partial charge in [-0.3, -0.25) is 0 Å². The minimum absolute atomic E-state index is 0.0702. The molecule has 59 heavy (non-hydrogen) atoms. The Labute approximate surface area is 351 Å². The average molecular weight is 766 g/mol. The molecule has 7 aromatic carbocycles. The van der Waals surface area contributed by atoms with Gasteiger partial charge in [0.15, 0.2) is 0 Å². The van der Waals surface area contributed by atoms with E-state index in [4.69, 9.17) is 0 Å². The second kappa shape index (κ2) is 12.8. The monoisotopic (exact) mass is 765 g/mol. The predicted molar refractivity (Wildman–Crippen MR) is 248 cm³/mol. The maximum atomic E-state index is 2.72. The van der Waals surface area contributed by atoms with Crippen molar-refractivity contribution in [2.45, 2.75) is 88.9 Å². The lowest BCUT2D eigenvalue weighted by atomic mass is 9.43. The normalized spacial score (nSPS) is 25.2. The highest BCUT2D eigenvalue weighted by Gasteiger charge is 2.61. The molecule has 0 N–H and O–H groups in total. The van der Waals surface area contributed by atoms with Crippen molar-refractivity contribution in [2.75, 3.05) is 4.90 Å². The van der Waals surface area contributed by atoms with Crippen molar-refractivity contribution in [3.63, 3.8) is 0 Å². The molecule has 13 rings (SSSR count). The van der Waals surface area contributed by atoms with Crippen LogP contribution < -0.4 is 4.90 Å². The summed E-state index contributed by atoms with van der Waals surface area (Å²) in [6.45, 7) is 9.82. The van der Waals surface area contributed by atoms with Crippen molar-refractivity contribution in [3.05, 3.63) is 174 Å². The second-order valence-corrected chi connectivity index (χ2v) is 20.4. The molecule has 1 heteroatoms. The van der Waals surface area contributed by atoms with Gasteiger partial charge in [-0.2, -0.15) is 0 Å². The molecular weight excluding hydrogens is 711 g/mol. The Bertz CT molecular complexity index is 2760. The van der Waals surface area contributed by atoms with Gasteiger partial charge in [-0.25, -0.2) is 0 Å². The molecule has 0 unspecified atom stereocenters. The number of fused-ring (bicyclic) bond motifs is 5. The SMILES string of the molecule is CC1(C)CCC(C)(C)c2cc(N(c3ccc(-c4ccccc4)cc3)c3cc4c(cc3-c3ccc5ccccc5c3)-c3ccccc3C43C4CC5CC(C4)CC3C5)ccc21. The van der Waals surface area contributed by atoms with E-state index in [1.807, 2.05) is 0 Å². The first-order valence-electron chi connectivity index (χ1n) is 22.6. The lowest BCUT2D eigenvalue weighted by Gasteiger charge is -2.61. The van der Waals surface area contributed by atoms with Crippen LogP contribution in [0.4, 0.5) is 17.1 Å². The van der Waals surface area contributed by atoms with Gasteiger partial charge in [0, 0.05) is 22.4 Å². The van der Waals surface area contributed by atoms with Gasteiger partial charge in [-0.1, -0.05) is 137 Å². The third-order valence-corrected chi connectivity index (χ3v) is 16.3. The molecule has 6 aliphatic rings. The molecule has 7 aromatic rings. The minimum atomic E-state index is 0.0702. The van der Waals surface area contributed by atoms with E-state index >= 15 is 0 Å². The number of anilines is 3. The summed E-state index contributed by atoms with van der Waals surface area (Å²) in [6, 6.07) is 58.7. The number of benzene rings is 7. The van der Waals surface area contributed by atoms with E-state index in [-0.39, 0.29) is 16.2 Å². The summed E-state index contributed by atoms with van der Waals surface area (Å²) in [5.41, 5.74) is 18.3. The van der Waals surface area contributed by atoms with Crippen LogP contribution in [0.15, 0.2) is 152 Å². The van der Waals surface area contributed by atoms with Crippen LogP contribution in [0.2, 0.25) is 0 Å². The van der Waals surface area contributed by atoms with E-state index in [0.29, 0.717) is 11.8 Å². The summed E-state index contributed by atoms with van der Waals surface area (Å²) in [5, 5.41) is 2.57. The van der Waals surface area contributed by atoms with Crippen molar-refractivity contribution in [3.8, 4) is 33.4 Å². The van der Waals surface area contributed by atoms with Crippen LogP contribution in [0, 0.1) is 23.7 Å². The molecule has 0 aromatic heterocycles. The van der Waals surface area contributed by atoms with Crippen molar-refractivity contribution in [2.24, 2.45) is 23.7 Å². The molecule has 292 valence electrons. The molecule has 0 amide bonds. The van der Waals surface area contributed by atoms with Crippen molar-refractivity contribution < 1.29 is 0 Å². The summed E-state index contributed by atoms with van der Waals surface area (Å²) in [7, 11) is 0. The van der Waals surface area contributed by atoms with Gasteiger partial charge in [0.2, 0.25) is 0 Å². The smallest absolute Gasteiger partial charge is 0.0543 e. The van der Waals surface area contributed by atoms with Gasteiger partial charge in [-0.15, -0.1) is 0 Å². The number of hydrogen-bond acceptors (Lipinski definition) is 1. The Balaban J connectivity index is 1.15. The molecule has 0 heterocycles. The molecule has 1 nitrogen and oxygen atoms in total. The van der Waals surface area contributed by atoms with Crippen LogP contribution in [-0.2, 0) is 16.2 Å². The van der Waals surface area contributed by atoms with Crippen LogP contribution in [-0.4, -0.2) is 0 Å². The van der Waals surface area contributed by atoms with Crippen molar-refractivity contribution in [1.29, 1.82) is 0 Å². The summed E-state index contributed by atoms with van der Waals surface area (Å²) in [5.74, 6) is 3.20. The first kappa shape index (κ1) is 35.5. The van der Waals surface area contributed by atoms with Crippen LogP contribution in [0.5, 0.6) is 0 Å². The largest absolute Gasteiger partial charge is 0.310 e. The first-order valence-corrected chi connectivity index (χ1v) is 22.6. The maximum Gasteiger partial charge on any atom is 0.0543 e. The minimum Gasteiger partial charge on any atom is -0.310 e. The molecule has 4 fully saturated rings. The molecule has 0 saturated heterocycles. The van der Waals surface area contributed by atoms with E-state index < -0.39 is 0 Å². The van der Waals surface area contributed by atoms with E-state index in [1.54, 1.807) is 11.1 Å². The molecule has 0 radical (unpaired) electrons. The molecule has 4 saturated carbocycles. The fourth-order valence-electron chi connectivity index (χ4n) is 13.5. The Kier molecular flexibility index (Phi) is 7.71. The topological polar surface area (TPSA) is 3.24 Å². The van der Waals surface area contributed by atoms with E-state index in [9.17, 15) is 0 Å². The molecule has 6 aliphatic carbocycles. The fourth-order valence-corrected chi connectivity index (χ4v) is 13.5. The van der Waals surface area contributed by atoms with Crippen molar-refractivity contribution in [1.82, 2.24) is 0 Å². The van der Waals surface area contributed by atoms with Gasteiger partial charge in [0.25, 0.3) is 0 Å². The van der Waals surface area contributed by atoms with Crippen LogP contribution in [0.3, 0.4) is 0 Å². The molecule has 0 atom stereocenters. The molecule has 1 spiro atoms. The molecular formula is C58H55N. The standard InChI is InChI=1S/C58H55N/c1-56(2)26-27-57(3,4)54-34-47(24-25-52(54)56)59(46-22-20-41(21-23-46)39-12-6-5-7-13-39)55-36-53-50(35-49(55)43-19-18-40-14-8-9-15-42(40)33-43)48-16-10-11-17-51(48)58(53)44-29-37-28-38(31-44)32-45(58)30-37/h5-25,33-38,44-45H,26-32H2,1-4H3. The third-order valence-electron chi connectivity index (χ3n) is 16.3. The average Bonchev–Trinajstić information content (AvgIpc) is 3.54. The van der Waals surface area contributed by atoms with Gasteiger partial charge < -0.3 is 4.90 Å². The maximum absolute atomic E-state index is 2.72. The Morgan fingerprint density at radius 2 is 1.02 bits per heavy atom. The zero-order valence-electron chi connectivity index (χ0n) is 35.1. The highest BCUT2D eigenvalue weighted by atomic mass is 15.1. The highest BCUT2D eigenvalue weighted by molar-refractivity contribution is 5.98. The third kappa shape index (κ3) is 5.29. The van der Waals surface area contributed by atoms with E-state index in [0.717, 1.165) is 11.8 Å². The fraction of sp³-hybridized carbons (Fsp3) is 0.310.